The fraction of sp³-hybridized carbons (Fsp3) is 0.600. The molecule has 4 N–H and O–H groups in total. The van der Waals surface area contributed by atoms with Crippen LogP contribution in [0.3, 0.4) is 0 Å². The van der Waals surface area contributed by atoms with Crippen molar-refractivity contribution in [1.29, 1.82) is 0 Å². The summed E-state index contributed by atoms with van der Waals surface area (Å²) < 4.78 is 0. The fourth-order valence-corrected chi connectivity index (χ4v) is 1.48. The fourth-order valence-electron chi connectivity index (χ4n) is 1.48. The van der Waals surface area contributed by atoms with Gasteiger partial charge < -0.3 is 23.3 Å². The molecule has 0 bridgehead atoms. The van der Waals surface area contributed by atoms with Crippen molar-refractivity contribution >= 4 is 72.6 Å². The molecule has 0 amide bonds. The van der Waals surface area contributed by atoms with Crippen LogP contribution in [0.5, 0.6) is 0 Å². The second kappa shape index (κ2) is 13.9. The number of hydrogen-bond acceptors (Lipinski definition) is 6. The zero-order valence-electron chi connectivity index (χ0n) is 13.3. The Bertz CT molecular complexity index is 337. The van der Waals surface area contributed by atoms with Gasteiger partial charge in [0.25, 0.3) is 0 Å². The molecular formula is C10H22CaN2O8Si. The maximum atomic E-state index is 10.6. The van der Waals surface area contributed by atoms with Gasteiger partial charge in [-0.25, -0.2) is 0 Å². The number of carboxylic acid groups (broad SMARTS) is 4. The summed E-state index contributed by atoms with van der Waals surface area (Å²) in [5.41, 5.74) is 0. The standard InChI is InChI=1S/C10H16N2O8.Ca.H4Si.2H/c13-7(14)3-11(4-8(15)16)1-2-12(5-9(17)18)6-10(19)20;;;;/h1-6H2,(H,13,14)(H,15,16)(H,17,18)(H,19,20);;1H4;;/q;+2;;2*-1. The normalized spacial score (nSPS) is 9.73. The molecule has 0 fully saturated rings. The third-order valence-corrected chi connectivity index (χ3v) is 2.17. The van der Waals surface area contributed by atoms with Gasteiger partial charge in [0.1, 0.15) is 0 Å². The van der Waals surface area contributed by atoms with Crippen molar-refractivity contribution in [1.82, 2.24) is 9.80 Å². The van der Waals surface area contributed by atoms with Crippen molar-refractivity contribution in [3.05, 3.63) is 0 Å². The second-order valence-corrected chi connectivity index (χ2v) is 4.00. The number of carbonyl (C=O) groups is 4. The average Bonchev–Trinajstić information content (AvgIpc) is 2.22. The molecule has 0 aromatic carbocycles. The molecule has 0 unspecified atom stereocenters. The quantitative estimate of drug-likeness (QED) is 0.269. The van der Waals surface area contributed by atoms with Crippen molar-refractivity contribution in [3.63, 3.8) is 0 Å². The van der Waals surface area contributed by atoms with E-state index in [-0.39, 0.29) is 64.6 Å². The molecule has 0 aliphatic heterocycles. The molecule has 126 valence electrons. The predicted molar refractivity (Wildman–Crippen MR) is 82.7 cm³/mol. The van der Waals surface area contributed by atoms with Crippen molar-refractivity contribution in [3.8, 4) is 0 Å². The van der Waals surface area contributed by atoms with Crippen molar-refractivity contribution < 1.29 is 42.5 Å². The van der Waals surface area contributed by atoms with Gasteiger partial charge in [-0.3, -0.25) is 29.0 Å². The average molecular weight is 366 g/mol. The van der Waals surface area contributed by atoms with Gasteiger partial charge in [0, 0.05) is 13.1 Å². The number of aliphatic carboxylic acids is 4. The van der Waals surface area contributed by atoms with Crippen molar-refractivity contribution in [2.45, 2.75) is 0 Å². The van der Waals surface area contributed by atoms with Gasteiger partial charge in [-0.15, -0.1) is 0 Å². The van der Waals surface area contributed by atoms with E-state index in [1.807, 2.05) is 0 Å². The van der Waals surface area contributed by atoms with Crippen LogP contribution in [0.4, 0.5) is 0 Å². The molecule has 0 saturated carbocycles. The van der Waals surface area contributed by atoms with Crippen LogP contribution in [0.2, 0.25) is 0 Å². The predicted octanol–water partition coefficient (Wildman–Crippen LogP) is -3.68. The van der Waals surface area contributed by atoms with Gasteiger partial charge in [0.2, 0.25) is 0 Å². The molecule has 0 rings (SSSR count). The van der Waals surface area contributed by atoms with Gasteiger partial charge in [-0.2, -0.15) is 0 Å². The van der Waals surface area contributed by atoms with Crippen LogP contribution in [0.15, 0.2) is 0 Å². The molecule has 0 aromatic rings. The van der Waals surface area contributed by atoms with Gasteiger partial charge in [-0.1, -0.05) is 0 Å². The Morgan fingerprint density at radius 3 is 0.955 bits per heavy atom. The van der Waals surface area contributed by atoms with Crippen LogP contribution in [0.25, 0.3) is 0 Å². The molecule has 0 heterocycles. The first-order valence-corrected chi connectivity index (χ1v) is 5.52. The molecule has 0 aromatic heterocycles. The number of nitrogens with zero attached hydrogens (tertiary/aromatic N) is 2. The van der Waals surface area contributed by atoms with E-state index in [4.69, 9.17) is 20.4 Å². The minimum Gasteiger partial charge on any atom is -1.00 e. The monoisotopic (exact) mass is 366 g/mol. The zero-order chi connectivity index (χ0) is 15.7. The van der Waals surface area contributed by atoms with Gasteiger partial charge in [-0.05, 0) is 11.0 Å². The number of carboxylic acids is 4. The summed E-state index contributed by atoms with van der Waals surface area (Å²) in [5, 5.41) is 34.5. The summed E-state index contributed by atoms with van der Waals surface area (Å²) in [6.45, 7) is -2.25. The van der Waals surface area contributed by atoms with Crippen LogP contribution in [0, 0.1) is 0 Å². The van der Waals surface area contributed by atoms with Crippen LogP contribution < -0.4 is 0 Å². The summed E-state index contributed by atoms with van der Waals surface area (Å²) in [6, 6.07) is 0. The Labute approximate surface area is 163 Å². The zero-order valence-corrected chi connectivity index (χ0v) is 13.5. The summed E-state index contributed by atoms with van der Waals surface area (Å²) in [4.78, 5) is 44.4. The van der Waals surface area contributed by atoms with Crippen LogP contribution in [-0.2, 0) is 19.2 Å². The number of rotatable bonds is 11. The van der Waals surface area contributed by atoms with Crippen LogP contribution in [-0.4, -0.2) is 142 Å². The Morgan fingerprint density at radius 1 is 0.636 bits per heavy atom. The van der Waals surface area contributed by atoms with Crippen LogP contribution in [0.1, 0.15) is 2.85 Å². The molecule has 22 heavy (non-hydrogen) atoms. The Morgan fingerprint density at radius 2 is 0.818 bits per heavy atom. The maximum Gasteiger partial charge on any atom is 2.00 e. The van der Waals surface area contributed by atoms with E-state index >= 15 is 0 Å². The SMILES string of the molecule is O=C(O)CN(CCN(CC(=O)O)CC(=O)O)CC(=O)O.[Ca+2].[H-].[H-].[SiH4]. The molecule has 0 saturated heterocycles. The largest absolute Gasteiger partial charge is 2.00 e. The first kappa shape index (κ1) is 26.2. The third kappa shape index (κ3) is 15.7. The molecule has 0 radical (unpaired) electrons. The van der Waals surface area contributed by atoms with E-state index < -0.39 is 50.1 Å². The molecule has 10 nitrogen and oxygen atoms in total. The molecule has 0 atom stereocenters. The van der Waals surface area contributed by atoms with Crippen LogP contribution >= 0.6 is 0 Å². The molecule has 0 aliphatic carbocycles. The minimum atomic E-state index is -1.23. The van der Waals surface area contributed by atoms with E-state index in [9.17, 15) is 19.2 Å². The summed E-state index contributed by atoms with van der Waals surface area (Å²) in [7, 11) is 0. The maximum absolute atomic E-state index is 10.6. The topological polar surface area (TPSA) is 156 Å². The van der Waals surface area contributed by atoms with E-state index in [2.05, 4.69) is 0 Å². The minimum absolute atomic E-state index is 0. The molecule has 0 spiro atoms. The number of hydrogen-bond donors (Lipinski definition) is 4. The summed E-state index contributed by atoms with van der Waals surface area (Å²) in [6.07, 6.45) is 0. The summed E-state index contributed by atoms with van der Waals surface area (Å²) in [5.74, 6) is -4.91. The third-order valence-electron chi connectivity index (χ3n) is 2.17. The Balaban J connectivity index is -0.000000301. The van der Waals surface area contributed by atoms with Crippen molar-refractivity contribution in [2.75, 3.05) is 39.3 Å². The smallest absolute Gasteiger partial charge is 1.00 e. The first-order valence-electron chi connectivity index (χ1n) is 5.52. The first-order chi connectivity index (χ1) is 9.20. The van der Waals surface area contributed by atoms with E-state index in [0.29, 0.717) is 0 Å². The van der Waals surface area contributed by atoms with Gasteiger partial charge >= 0.3 is 61.6 Å². The summed E-state index contributed by atoms with van der Waals surface area (Å²) >= 11 is 0. The molecular weight excluding hydrogens is 344 g/mol. The van der Waals surface area contributed by atoms with Gasteiger partial charge in [0.15, 0.2) is 0 Å². The second-order valence-electron chi connectivity index (χ2n) is 4.00. The Hall–Kier alpha value is -0.723. The molecule has 12 heteroatoms. The van der Waals surface area contributed by atoms with E-state index in [1.165, 1.54) is 0 Å². The van der Waals surface area contributed by atoms with E-state index in [0.717, 1.165) is 9.80 Å². The molecule has 0 aliphatic rings. The van der Waals surface area contributed by atoms with Gasteiger partial charge in [0.05, 0.1) is 26.2 Å². The Kier molecular flexibility index (Phi) is 16.6. The van der Waals surface area contributed by atoms with E-state index in [1.54, 1.807) is 0 Å². The van der Waals surface area contributed by atoms with Crippen molar-refractivity contribution in [2.24, 2.45) is 0 Å².